The van der Waals surface area contributed by atoms with Crippen molar-refractivity contribution in [2.24, 2.45) is 0 Å². The molecule has 1 N–H and O–H groups in total. The number of aromatic nitrogens is 3. The van der Waals surface area contributed by atoms with Crippen LogP contribution in [0.4, 0.5) is 5.82 Å². The zero-order valence-electron chi connectivity index (χ0n) is 8.30. The fourth-order valence-electron chi connectivity index (χ4n) is 1.42. The van der Waals surface area contributed by atoms with Crippen LogP contribution in [0.3, 0.4) is 0 Å². The highest BCUT2D eigenvalue weighted by atomic mass is 35.5. The second-order valence-electron chi connectivity index (χ2n) is 3.42. The van der Waals surface area contributed by atoms with Crippen molar-refractivity contribution in [2.75, 3.05) is 19.0 Å². The number of hydrogen-bond donors (Lipinski definition) is 1. The number of fused-ring (bicyclic) bond motifs is 1. The molecule has 0 saturated carbocycles. The molecule has 4 nitrogen and oxygen atoms in total. The maximum absolute atomic E-state index is 5.81. The maximum Gasteiger partial charge on any atom is 0.225 e. The van der Waals surface area contributed by atoms with E-state index < -0.39 is 0 Å². The molecule has 2 aromatic heterocycles. The summed E-state index contributed by atoms with van der Waals surface area (Å²) >= 11 is 5.81. The van der Waals surface area contributed by atoms with Gasteiger partial charge in [-0.15, -0.1) is 0 Å². The Labute approximate surface area is 86.9 Å². The molecule has 2 rings (SSSR count). The number of aromatic amines is 1. The Morgan fingerprint density at radius 2 is 2.07 bits per heavy atom. The molecule has 0 aliphatic rings. The zero-order chi connectivity index (χ0) is 10.3. The molecule has 0 atom stereocenters. The van der Waals surface area contributed by atoms with E-state index >= 15 is 0 Å². The minimum atomic E-state index is 0.278. The van der Waals surface area contributed by atoms with Crippen molar-refractivity contribution in [2.45, 2.75) is 6.92 Å². The van der Waals surface area contributed by atoms with E-state index in [-0.39, 0.29) is 5.28 Å². The molecule has 0 aliphatic carbocycles. The summed E-state index contributed by atoms with van der Waals surface area (Å²) < 4.78 is 0. The summed E-state index contributed by atoms with van der Waals surface area (Å²) in [6.07, 6.45) is 0. The van der Waals surface area contributed by atoms with E-state index in [4.69, 9.17) is 11.6 Å². The molecular weight excluding hydrogens is 200 g/mol. The van der Waals surface area contributed by atoms with Crippen LogP contribution in [0, 0.1) is 6.92 Å². The topological polar surface area (TPSA) is 44.8 Å². The summed E-state index contributed by atoms with van der Waals surface area (Å²) in [5.41, 5.74) is 2.84. The second kappa shape index (κ2) is 3.13. The van der Waals surface area contributed by atoms with Gasteiger partial charge in [-0.1, -0.05) is 0 Å². The van der Waals surface area contributed by atoms with E-state index in [0.29, 0.717) is 0 Å². The van der Waals surface area contributed by atoms with E-state index in [2.05, 4.69) is 15.0 Å². The number of halogens is 1. The molecular formula is C9H11ClN4. The molecule has 74 valence electrons. The van der Waals surface area contributed by atoms with Gasteiger partial charge < -0.3 is 9.88 Å². The quantitative estimate of drug-likeness (QED) is 0.733. The number of rotatable bonds is 1. The summed E-state index contributed by atoms with van der Waals surface area (Å²) in [5.74, 6) is 0.813. The molecule has 0 saturated heterocycles. The second-order valence-corrected chi connectivity index (χ2v) is 3.76. The van der Waals surface area contributed by atoms with Crippen LogP contribution >= 0.6 is 11.6 Å². The summed E-state index contributed by atoms with van der Waals surface area (Å²) in [6.45, 7) is 1.98. The van der Waals surface area contributed by atoms with E-state index in [1.165, 1.54) is 0 Å². The van der Waals surface area contributed by atoms with Gasteiger partial charge in [0, 0.05) is 19.8 Å². The fraction of sp³-hybridized carbons (Fsp3) is 0.333. The van der Waals surface area contributed by atoms with Crippen LogP contribution in [-0.2, 0) is 0 Å². The van der Waals surface area contributed by atoms with Gasteiger partial charge in [0.15, 0.2) is 5.82 Å². The Morgan fingerprint density at radius 1 is 1.36 bits per heavy atom. The Kier molecular flexibility index (Phi) is 2.07. The van der Waals surface area contributed by atoms with Crippen LogP contribution in [0.2, 0.25) is 5.28 Å². The van der Waals surface area contributed by atoms with Gasteiger partial charge in [-0.05, 0) is 24.6 Å². The van der Waals surface area contributed by atoms with Crippen LogP contribution < -0.4 is 4.90 Å². The van der Waals surface area contributed by atoms with Gasteiger partial charge in [-0.3, -0.25) is 0 Å². The molecule has 0 unspecified atom stereocenters. The predicted octanol–water partition coefficient (Wildman–Crippen LogP) is 1.99. The number of nitrogens with one attached hydrogen (secondary N) is 1. The summed E-state index contributed by atoms with van der Waals surface area (Å²) in [4.78, 5) is 13.4. The molecule has 0 amide bonds. The van der Waals surface area contributed by atoms with E-state index in [0.717, 1.165) is 22.5 Å². The summed E-state index contributed by atoms with van der Waals surface area (Å²) in [7, 11) is 3.85. The van der Waals surface area contributed by atoms with E-state index in [9.17, 15) is 0 Å². The van der Waals surface area contributed by atoms with Crippen molar-refractivity contribution in [1.29, 1.82) is 0 Å². The standard InChI is InChI=1S/C9H11ClN4/c1-5-4-6-7(11-5)8(14(2)3)13-9(10)12-6/h4,11H,1-3H3. The first-order valence-corrected chi connectivity index (χ1v) is 4.66. The normalized spacial score (nSPS) is 10.9. The van der Waals surface area contributed by atoms with Gasteiger partial charge in [0.25, 0.3) is 0 Å². The van der Waals surface area contributed by atoms with E-state index in [1.54, 1.807) is 0 Å². The van der Waals surface area contributed by atoms with Crippen molar-refractivity contribution >= 4 is 28.5 Å². The van der Waals surface area contributed by atoms with E-state index in [1.807, 2.05) is 32.0 Å². The van der Waals surface area contributed by atoms with Gasteiger partial charge in [-0.25, -0.2) is 4.98 Å². The van der Waals surface area contributed by atoms with Crippen LogP contribution in [0.1, 0.15) is 5.69 Å². The Morgan fingerprint density at radius 3 is 2.71 bits per heavy atom. The highest BCUT2D eigenvalue weighted by Crippen LogP contribution is 2.23. The van der Waals surface area contributed by atoms with Crippen LogP contribution in [0.5, 0.6) is 0 Å². The van der Waals surface area contributed by atoms with Crippen molar-refractivity contribution in [3.63, 3.8) is 0 Å². The first-order chi connectivity index (χ1) is 6.58. The number of anilines is 1. The summed E-state index contributed by atoms with van der Waals surface area (Å²) in [6, 6.07) is 1.95. The molecule has 2 aromatic rings. The molecule has 0 fully saturated rings. The number of nitrogens with zero attached hydrogens (tertiary/aromatic N) is 3. The molecule has 0 spiro atoms. The van der Waals surface area contributed by atoms with Crippen molar-refractivity contribution in [1.82, 2.24) is 15.0 Å². The van der Waals surface area contributed by atoms with Crippen molar-refractivity contribution < 1.29 is 0 Å². The SMILES string of the molecule is Cc1cc2nc(Cl)nc(N(C)C)c2[nH]1. The van der Waals surface area contributed by atoms with Gasteiger partial charge >= 0.3 is 0 Å². The van der Waals surface area contributed by atoms with Crippen molar-refractivity contribution in [3.8, 4) is 0 Å². The van der Waals surface area contributed by atoms with Gasteiger partial charge in [0.05, 0.1) is 5.52 Å². The Bertz CT molecular complexity index is 475. The minimum Gasteiger partial charge on any atom is -0.361 e. The first kappa shape index (κ1) is 9.27. The zero-order valence-corrected chi connectivity index (χ0v) is 9.05. The van der Waals surface area contributed by atoms with Crippen molar-refractivity contribution in [3.05, 3.63) is 17.0 Å². The van der Waals surface area contributed by atoms with Crippen LogP contribution in [-0.4, -0.2) is 29.0 Å². The molecule has 5 heteroatoms. The van der Waals surface area contributed by atoms with Gasteiger partial charge in [-0.2, -0.15) is 4.98 Å². The monoisotopic (exact) mass is 210 g/mol. The lowest BCUT2D eigenvalue weighted by Gasteiger charge is -2.11. The Hall–Kier alpha value is -1.29. The lowest BCUT2D eigenvalue weighted by atomic mass is 10.4. The largest absolute Gasteiger partial charge is 0.361 e. The molecule has 0 radical (unpaired) electrons. The fourth-order valence-corrected chi connectivity index (χ4v) is 1.60. The smallest absolute Gasteiger partial charge is 0.225 e. The number of aryl methyl sites for hydroxylation is 1. The third kappa shape index (κ3) is 1.42. The summed E-state index contributed by atoms with van der Waals surface area (Å²) in [5, 5.41) is 0.278. The molecule has 2 heterocycles. The van der Waals surface area contributed by atoms with Crippen LogP contribution in [0.15, 0.2) is 6.07 Å². The predicted molar refractivity (Wildman–Crippen MR) is 58.0 cm³/mol. The highest BCUT2D eigenvalue weighted by molar-refractivity contribution is 6.28. The third-order valence-electron chi connectivity index (χ3n) is 1.99. The van der Waals surface area contributed by atoms with Gasteiger partial charge in [0.1, 0.15) is 5.52 Å². The first-order valence-electron chi connectivity index (χ1n) is 4.28. The third-order valence-corrected chi connectivity index (χ3v) is 2.16. The lowest BCUT2D eigenvalue weighted by molar-refractivity contribution is 1.06. The molecule has 0 aromatic carbocycles. The average Bonchev–Trinajstić information content (AvgIpc) is 2.42. The van der Waals surface area contributed by atoms with Gasteiger partial charge in [0.2, 0.25) is 5.28 Å². The maximum atomic E-state index is 5.81. The molecule has 14 heavy (non-hydrogen) atoms. The lowest BCUT2D eigenvalue weighted by Crippen LogP contribution is -2.11. The highest BCUT2D eigenvalue weighted by Gasteiger charge is 2.10. The Balaban J connectivity index is 2.79. The minimum absolute atomic E-state index is 0.278. The number of hydrogen-bond acceptors (Lipinski definition) is 3. The molecule has 0 aliphatic heterocycles. The average molecular weight is 211 g/mol. The van der Waals surface area contributed by atoms with Crippen LogP contribution in [0.25, 0.3) is 11.0 Å². The number of H-pyrrole nitrogens is 1. The molecule has 0 bridgehead atoms.